The Labute approximate surface area is 166 Å². The van der Waals surface area contributed by atoms with Crippen LogP contribution in [0.1, 0.15) is 17.1 Å². The van der Waals surface area contributed by atoms with E-state index in [4.69, 9.17) is 14.6 Å². The first-order valence-corrected chi connectivity index (χ1v) is 10.9. The van der Waals surface area contributed by atoms with Gasteiger partial charge >= 0.3 is 0 Å². The van der Waals surface area contributed by atoms with Gasteiger partial charge in [-0.3, -0.25) is 4.57 Å². The average molecular weight is 415 g/mol. The second kappa shape index (κ2) is 6.69. The Morgan fingerprint density at radius 1 is 1.11 bits per heavy atom. The van der Waals surface area contributed by atoms with Crippen LogP contribution in [0.25, 0.3) is 27.6 Å². The van der Waals surface area contributed by atoms with E-state index in [1.807, 2.05) is 36.8 Å². The number of nitrogens with two attached hydrogens (primary N) is 1. The Hall–Kier alpha value is -2.75. The van der Waals surface area contributed by atoms with Gasteiger partial charge in [-0.15, -0.1) is 11.3 Å². The van der Waals surface area contributed by atoms with Gasteiger partial charge in [0.05, 0.1) is 10.6 Å². The van der Waals surface area contributed by atoms with Gasteiger partial charge in [0.25, 0.3) is 0 Å². The molecule has 0 bridgehead atoms. The molecule has 3 heterocycles. The Morgan fingerprint density at radius 3 is 2.43 bits per heavy atom. The molecule has 3 aromatic heterocycles. The van der Waals surface area contributed by atoms with Crippen molar-refractivity contribution in [2.45, 2.75) is 25.7 Å². The first-order valence-electron chi connectivity index (χ1n) is 8.46. The third-order valence-corrected chi connectivity index (χ3v) is 6.31. The van der Waals surface area contributed by atoms with Crippen molar-refractivity contribution < 1.29 is 12.9 Å². The van der Waals surface area contributed by atoms with Crippen LogP contribution in [0.5, 0.6) is 0 Å². The highest BCUT2D eigenvalue weighted by atomic mass is 32.2. The van der Waals surface area contributed by atoms with Crippen LogP contribution in [-0.4, -0.2) is 23.1 Å². The SMILES string of the molecule is Cc1cc(-n2c(C)cc(-c3csc(-c4ccc(S(N)(=O)=O)cc4)n3)c2C)no1. The number of aryl methyl sites for hydroxylation is 2. The number of thiazole rings is 1. The minimum absolute atomic E-state index is 0.0829. The first kappa shape index (κ1) is 18.6. The van der Waals surface area contributed by atoms with Gasteiger partial charge in [0, 0.05) is 34.0 Å². The summed E-state index contributed by atoms with van der Waals surface area (Å²) in [7, 11) is -3.71. The van der Waals surface area contributed by atoms with Gasteiger partial charge in [0.1, 0.15) is 10.8 Å². The van der Waals surface area contributed by atoms with Crippen LogP contribution in [-0.2, 0) is 10.0 Å². The second-order valence-corrected chi connectivity index (χ2v) is 8.94. The molecule has 144 valence electrons. The van der Waals surface area contributed by atoms with Crippen molar-refractivity contribution in [2.24, 2.45) is 5.14 Å². The third-order valence-electron chi connectivity index (χ3n) is 4.49. The number of sulfonamides is 1. The molecule has 0 amide bonds. The molecule has 1 aromatic carbocycles. The zero-order valence-electron chi connectivity index (χ0n) is 15.5. The fraction of sp³-hybridized carbons (Fsp3) is 0.158. The maximum Gasteiger partial charge on any atom is 0.238 e. The van der Waals surface area contributed by atoms with Crippen LogP contribution in [0, 0.1) is 20.8 Å². The van der Waals surface area contributed by atoms with Gasteiger partial charge in [0.2, 0.25) is 10.0 Å². The van der Waals surface area contributed by atoms with Crippen molar-refractivity contribution in [2.75, 3.05) is 0 Å². The monoisotopic (exact) mass is 414 g/mol. The maximum absolute atomic E-state index is 11.4. The molecule has 0 fully saturated rings. The number of hydrogen-bond donors (Lipinski definition) is 1. The molecule has 2 N–H and O–H groups in total. The molecule has 9 heteroatoms. The van der Waals surface area contributed by atoms with E-state index in [9.17, 15) is 8.42 Å². The van der Waals surface area contributed by atoms with Gasteiger partial charge in [-0.2, -0.15) is 0 Å². The fourth-order valence-corrected chi connectivity index (χ4v) is 4.49. The summed E-state index contributed by atoms with van der Waals surface area (Å²) in [6.07, 6.45) is 0. The summed E-state index contributed by atoms with van der Waals surface area (Å²) in [5, 5.41) is 12.1. The Kier molecular flexibility index (Phi) is 4.45. The van der Waals surface area contributed by atoms with Crippen molar-refractivity contribution in [3.05, 3.63) is 58.9 Å². The standard InChI is InChI=1S/C19H18N4O3S2/c1-11-8-16(13(3)23(11)18-9-12(2)26-22-18)17-10-27-19(21-17)14-4-6-15(7-5-14)28(20,24)25/h4-10H,1-3H3,(H2,20,24,25). The fourth-order valence-electron chi connectivity index (χ4n) is 3.15. The van der Waals surface area contributed by atoms with E-state index < -0.39 is 10.0 Å². The number of nitrogens with zero attached hydrogens (tertiary/aromatic N) is 3. The van der Waals surface area contributed by atoms with E-state index in [-0.39, 0.29) is 4.90 Å². The van der Waals surface area contributed by atoms with E-state index in [1.165, 1.54) is 23.5 Å². The lowest BCUT2D eigenvalue weighted by atomic mass is 10.2. The van der Waals surface area contributed by atoms with Crippen molar-refractivity contribution in [3.8, 4) is 27.6 Å². The number of hydrogen-bond acceptors (Lipinski definition) is 6. The van der Waals surface area contributed by atoms with Crippen LogP contribution < -0.4 is 5.14 Å². The second-order valence-electron chi connectivity index (χ2n) is 6.52. The van der Waals surface area contributed by atoms with Gasteiger partial charge in [-0.25, -0.2) is 18.5 Å². The molecule has 0 saturated carbocycles. The molecule has 0 unspecified atom stereocenters. The quantitative estimate of drug-likeness (QED) is 0.546. The van der Waals surface area contributed by atoms with Crippen LogP contribution in [0.4, 0.5) is 0 Å². The summed E-state index contributed by atoms with van der Waals surface area (Å²) in [5.74, 6) is 1.50. The Balaban J connectivity index is 1.70. The van der Waals surface area contributed by atoms with Gasteiger partial charge in [-0.1, -0.05) is 17.3 Å². The molecule has 0 radical (unpaired) electrons. The molecule has 28 heavy (non-hydrogen) atoms. The molecule has 0 saturated heterocycles. The van der Waals surface area contributed by atoms with Crippen molar-refractivity contribution in [1.82, 2.24) is 14.7 Å². The lowest BCUT2D eigenvalue weighted by Crippen LogP contribution is -2.11. The Bertz CT molecular complexity index is 1260. The predicted molar refractivity (Wildman–Crippen MR) is 108 cm³/mol. The predicted octanol–water partition coefficient (Wildman–Crippen LogP) is 3.83. The minimum atomic E-state index is -3.71. The highest BCUT2D eigenvalue weighted by Gasteiger charge is 2.17. The summed E-state index contributed by atoms with van der Waals surface area (Å²) in [4.78, 5) is 4.82. The van der Waals surface area contributed by atoms with Crippen molar-refractivity contribution >= 4 is 21.4 Å². The van der Waals surface area contributed by atoms with Crippen molar-refractivity contribution in [1.29, 1.82) is 0 Å². The zero-order valence-corrected chi connectivity index (χ0v) is 17.1. The summed E-state index contributed by atoms with van der Waals surface area (Å²) in [5.41, 5.74) is 4.77. The minimum Gasteiger partial charge on any atom is -0.360 e. The van der Waals surface area contributed by atoms with E-state index in [0.29, 0.717) is 0 Å². The van der Waals surface area contributed by atoms with Gasteiger partial charge in [-0.05, 0) is 39.0 Å². The lowest BCUT2D eigenvalue weighted by Gasteiger charge is -2.04. The van der Waals surface area contributed by atoms with Gasteiger partial charge < -0.3 is 4.52 Å². The van der Waals surface area contributed by atoms with E-state index in [1.54, 1.807) is 12.1 Å². The average Bonchev–Trinajstić information content (AvgIpc) is 3.34. The van der Waals surface area contributed by atoms with Crippen LogP contribution in [0.2, 0.25) is 0 Å². The maximum atomic E-state index is 11.4. The molecule has 4 aromatic rings. The third kappa shape index (κ3) is 3.28. The number of rotatable bonds is 4. The topological polar surface area (TPSA) is 104 Å². The summed E-state index contributed by atoms with van der Waals surface area (Å²) >= 11 is 1.50. The molecular weight excluding hydrogens is 396 g/mol. The van der Waals surface area contributed by atoms with Gasteiger partial charge in [0.15, 0.2) is 5.82 Å². The van der Waals surface area contributed by atoms with Crippen LogP contribution in [0.3, 0.4) is 0 Å². The molecule has 0 atom stereocenters. The van der Waals surface area contributed by atoms with Crippen LogP contribution in [0.15, 0.2) is 51.2 Å². The molecule has 7 nitrogen and oxygen atoms in total. The van der Waals surface area contributed by atoms with E-state index >= 15 is 0 Å². The number of primary sulfonamides is 1. The highest BCUT2D eigenvalue weighted by molar-refractivity contribution is 7.89. The molecule has 0 spiro atoms. The normalized spacial score (nSPS) is 11.9. The van der Waals surface area contributed by atoms with Crippen molar-refractivity contribution in [3.63, 3.8) is 0 Å². The Morgan fingerprint density at radius 2 is 1.82 bits per heavy atom. The molecule has 0 aliphatic heterocycles. The number of aromatic nitrogens is 3. The zero-order chi connectivity index (χ0) is 20.1. The molecular formula is C19H18N4O3S2. The van der Waals surface area contributed by atoms with Crippen LogP contribution >= 0.6 is 11.3 Å². The first-order chi connectivity index (χ1) is 13.2. The smallest absolute Gasteiger partial charge is 0.238 e. The summed E-state index contributed by atoms with van der Waals surface area (Å²) in [6, 6.07) is 10.4. The lowest BCUT2D eigenvalue weighted by molar-refractivity contribution is 0.394. The van der Waals surface area contributed by atoms with E-state index in [2.05, 4.69) is 11.2 Å². The van der Waals surface area contributed by atoms with E-state index in [0.717, 1.165) is 44.8 Å². The number of benzene rings is 1. The highest BCUT2D eigenvalue weighted by Crippen LogP contribution is 2.33. The summed E-state index contributed by atoms with van der Waals surface area (Å²) in [6.45, 7) is 5.89. The summed E-state index contributed by atoms with van der Waals surface area (Å²) < 4.78 is 30.1. The molecule has 0 aliphatic carbocycles. The molecule has 0 aliphatic rings. The molecule has 4 rings (SSSR count). The largest absolute Gasteiger partial charge is 0.360 e.